The van der Waals surface area contributed by atoms with Crippen molar-refractivity contribution in [1.82, 2.24) is 0 Å². The van der Waals surface area contributed by atoms with E-state index in [9.17, 15) is 24.2 Å². The maximum absolute atomic E-state index is 12.6. The Hall–Kier alpha value is -1.55. The van der Waals surface area contributed by atoms with Crippen LogP contribution in [0.4, 0.5) is 0 Å². The van der Waals surface area contributed by atoms with E-state index in [-0.39, 0.29) is 19.4 Å². The molecule has 3 atom stereocenters. The molecule has 0 radical (unpaired) electrons. The van der Waals surface area contributed by atoms with Crippen molar-refractivity contribution in [3.8, 4) is 0 Å². The van der Waals surface area contributed by atoms with E-state index in [2.05, 4.69) is 36.6 Å². The summed E-state index contributed by atoms with van der Waals surface area (Å²) in [6.07, 6.45) is 37.3. The summed E-state index contributed by atoms with van der Waals surface area (Å²) < 4.78 is 32.6. The number of aliphatic hydroxyl groups excluding tert-OH is 2. The Balaban J connectivity index is 4.34. The second kappa shape index (κ2) is 38.7. The minimum absolute atomic E-state index is 0.102. The molecule has 0 fully saturated rings. The highest BCUT2D eigenvalue weighted by molar-refractivity contribution is 7.47. The number of phosphoric acid groups is 1. The van der Waals surface area contributed by atoms with Crippen molar-refractivity contribution in [2.75, 3.05) is 26.4 Å². The average Bonchev–Trinajstić information content (AvgIpc) is 3.14. The molecule has 312 valence electrons. The molecule has 11 heteroatoms. The molecule has 0 aromatic heterocycles. The van der Waals surface area contributed by atoms with Crippen molar-refractivity contribution in [2.24, 2.45) is 0 Å². The SMILES string of the molecule is CCCCCC/C=C/CCCCCCCCCC(=O)OC[C@H](COP(=O)(O)OC[C@@H](O)CO)OC(=O)CC/C=C/CCCCCCCCCCCCC. The van der Waals surface area contributed by atoms with Gasteiger partial charge in [0.05, 0.1) is 19.8 Å². The van der Waals surface area contributed by atoms with E-state index in [4.69, 9.17) is 19.1 Å². The molecule has 10 nitrogen and oxygen atoms in total. The van der Waals surface area contributed by atoms with Gasteiger partial charge in [0.15, 0.2) is 6.10 Å². The molecule has 0 aliphatic heterocycles. The van der Waals surface area contributed by atoms with Crippen molar-refractivity contribution in [1.29, 1.82) is 0 Å². The third kappa shape index (κ3) is 38.5. The van der Waals surface area contributed by atoms with Crippen molar-refractivity contribution < 1.29 is 47.8 Å². The summed E-state index contributed by atoms with van der Waals surface area (Å²) in [5.74, 6) is -0.982. The quantitative estimate of drug-likeness (QED) is 0.0238. The van der Waals surface area contributed by atoms with Crippen molar-refractivity contribution >= 4 is 19.8 Å². The highest BCUT2D eigenvalue weighted by atomic mass is 31.2. The monoisotopic (exact) mass is 775 g/mol. The molecule has 0 aliphatic rings. The summed E-state index contributed by atoms with van der Waals surface area (Å²) in [7, 11) is -4.62. The number of allylic oxidation sites excluding steroid dienone is 4. The molecule has 0 heterocycles. The molecule has 0 amide bonds. The van der Waals surface area contributed by atoms with Crippen molar-refractivity contribution in [3.05, 3.63) is 24.3 Å². The largest absolute Gasteiger partial charge is 0.472 e. The number of rotatable bonds is 40. The van der Waals surface area contributed by atoms with Gasteiger partial charge in [0, 0.05) is 12.8 Å². The molecule has 0 spiro atoms. The van der Waals surface area contributed by atoms with E-state index in [0.717, 1.165) is 38.5 Å². The van der Waals surface area contributed by atoms with Gasteiger partial charge in [0.2, 0.25) is 0 Å². The predicted octanol–water partition coefficient (Wildman–Crippen LogP) is 11.0. The maximum Gasteiger partial charge on any atom is 0.472 e. The van der Waals surface area contributed by atoms with Crippen molar-refractivity contribution in [3.63, 3.8) is 0 Å². The Morgan fingerprint density at radius 1 is 0.547 bits per heavy atom. The zero-order chi connectivity index (χ0) is 39.1. The average molecular weight is 775 g/mol. The summed E-state index contributed by atoms with van der Waals surface area (Å²) in [6, 6.07) is 0. The minimum atomic E-state index is -4.62. The van der Waals surface area contributed by atoms with Crippen LogP contribution in [0.1, 0.15) is 194 Å². The van der Waals surface area contributed by atoms with E-state index >= 15 is 0 Å². The van der Waals surface area contributed by atoms with Gasteiger partial charge in [-0.2, -0.15) is 0 Å². The standard InChI is InChI=1S/C42H79O10P/c1-3-5-7-9-11-13-15-17-19-21-23-25-27-29-31-33-41(45)49-37-40(38-51-53(47,48)50-36-39(44)35-43)52-42(46)34-32-30-28-26-24-22-20-18-16-14-12-10-8-6-4-2/h13,15,28,30,39-40,43-44H,3-12,14,16-27,29,31-38H2,1-2H3,(H,47,48)/b15-13+,30-28+/t39-,40+/m0/s1. The molecule has 0 aliphatic carbocycles. The van der Waals surface area contributed by atoms with E-state index in [0.29, 0.717) is 12.8 Å². The second-order valence-corrected chi connectivity index (χ2v) is 15.8. The van der Waals surface area contributed by atoms with Crippen LogP contribution in [0.3, 0.4) is 0 Å². The Morgan fingerprint density at radius 2 is 0.962 bits per heavy atom. The smallest absolute Gasteiger partial charge is 0.462 e. The van der Waals surface area contributed by atoms with Crippen LogP contribution in [-0.4, -0.2) is 65.7 Å². The molecule has 0 saturated carbocycles. The van der Waals surface area contributed by atoms with Crippen LogP contribution in [0.25, 0.3) is 0 Å². The zero-order valence-corrected chi connectivity index (χ0v) is 34.6. The summed E-state index contributed by atoms with van der Waals surface area (Å²) in [5, 5.41) is 18.3. The molecule has 53 heavy (non-hydrogen) atoms. The first kappa shape index (κ1) is 51.5. The Kier molecular flexibility index (Phi) is 37.6. The lowest BCUT2D eigenvalue weighted by atomic mass is 10.1. The lowest BCUT2D eigenvalue weighted by Crippen LogP contribution is -2.29. The van der Waals surface area contributed by atoms with Crippen LogP contribution in [0.5, 0.6) is 0 Å². The van der Waals surface area contributed by atoms with E-state index in [1.165, 1.54) is 116 Å². The van der Waals surface area contributed by atoms with Crippen LogP contribution >= 0.6 is 7.82 Å². The normalized spacial score (nSPS) is 14.1. The first-order valence-electron chi connectivity index (χ1n) is 21.3. The summed E-state index contributed by atoms with van der Waals surface area (Å²) in [4.78, 5) is 34.9. The summed E-state index contributed by atoms with van der Waals surface area (Å²) in [5.41, 5.74) is 0. The lowest BCUT2D eigenvalue weighted by molar-refractivity contribution is -0.161. The van der Waals surface area contributed by atoms with E-state index in [1.807, 2.05) is 6.08 Å². The number of ether oxygens (including phenoxy) is 2. The fourth-order valence-electron chi connectivity index (χ4n) is 5.77. The molecular weight excluding hydrogens is 695 g/mol. The fraction of sp³-hybridized carbons (Fsp3) is 0.857. The highest BCUT2D eigenvalue weighted by Crippen LogP contribution is 2.43. The maximum atomic E-state index is 12.6. The molecule has 0 rings (SSSR count). The third-order valence-corrected chi connectivity index (χ3v) is 10.0. The molecule has 0 saturated heterocycles. The van der Waals surface area contributed by atoms with Crippen LogP contribution in [-0.2, 0) is 32.7 Å². The number of hydrogen-bond acceptors (Lipinski definition) is 9. The molecule has 0 bridgehead atoms. The topological polar surface area (TPSA) is 149 Å². The van der Waals surface area contributed by atoms with Crippen LogP contribution in [0, 0.1) is 0 Å². The predicted molar refractivity (Wildman–Crippen MR) is 215 cm³/mol. The molecular formula is C42H79O10P. The fourth-order valence-corrected chi connectivity index (χ4v) is 6.56. The van der Waals surface area contributed by atoms with E-state index in [1.54, 1.807) is 0 Å². The Morgan fingerprint density at radius 3 is 1.45 bits per heavy atom. The van der Waals surface area contributed by atoms with Crippen LogP contribution in [0.15, 0.2) is 24.3 Å². The van der Waals surface area contributed by atoms with Gasteiger partial charge >= 0.3 is 19.8 Å². The molecule has 0 aromatic rings. The minimum Gasteiger partial charge on any atom is -0.462 e. The molecule has 1 unspecified atom stereocenters. The number of unbranched alkanes of at least 4 members (excludes halogenated alkanes) is 22. The van der Waals surface area contributed by atoms with Crippen LogP contribution in [0.2, 0.25) is 0 Å². The highest BCUT2D eigenvalue weighted by Gasteiger charge is 2.27. The van der Waals surface area contributed by atoms with E-state index < -0.39 is 51.8 Å². The lowest BCUT2D eigenvalue weighted by Gasteiger charge is -2.20. The number of hydrogen-bond donors (Lipinski definition) is 3. The second-order valence-electron chi connectivity index (χ2n) is 14.4. The summed E-state index contributed by atoms with van der Waals surface area (Å²) in [6.45, 7) is 2.33. The Bertz CT molecular complexity index is 941. The van der Waals surface area contributed by atoms with Crippen LogP contribution < -0.4 is 0 Å². The third-order valence-electron chi connectivity index (χ3n) is 9.09. The first-order chi connectivity index (χ1) is 25.7. The number of esters is 2. The molecule has 3 N–H and O–H groups in total. The summed E-state index contributed by atoms with van der Waals surface area (Å²) >= 11 is 0. The van der Waals surface area contributed by atoms with Gasteiger partial charge in [-0.15, -0.1) is 0 Å². The Labute approximate surface area is 323 Å². The molecule has 0 aromatic carbocycles. The number of carbonyl (C=O) groups excluding carboxylic acids is 2. The van der Waals surface area contributed by atoms with Gasteiger partial charge in [0.25, 0.3) is 0 Å². The van der Waals surface area contributed by atoms with Crippen molar-refractivity contribution in [2.45, 2.75) is 206 Å². The van der Waals surface area contributed by atoms with Gasteiger partial charge in [-0.25, -0.2) is 4.57 Å². The first-order valence-corrected chi connectivity index (χ1v) is 22.8. The van der Waals surface area contributed by atoms with Gasteiger partial charge in [0.1, 0.15) is 12.7 Å². The van der Waals surface area contributed by atoms with Gasteiger partial charge < -0.3 is 24.6 Å². The van der Waals surface area contributed by atoms with Gasteiger partial charge in [-0.3, -0.25) is 18.6 Å². The number of phosphoric ester groups is 1. The zero-order valence-electron chi connectivity index (χ0n) is 33.7. The van der Waals surface area contributed by atoms with Gasteiger partial charge in [-0.1, -0.05) is 154 Å². The number of carbonyl (C=O) groups is 2. The van der Waals surface area contributed by atoms with Gasteiger partial charge in [-0.05, 0) is 51.4 Å². The number of aliphatic hydroxyl groups is 2.